The third-order valence-corrected chi connectivity index (χ3v) is 4.04. The highest BCUT2D eigenvalue weighted by Crippen LogP contribution is 2.24. The van der Waals surface area contributed by atoms with Crippen LogP contribution in [0, 0.1) is 0 Å². The van der Waals surface area contributed by atoms with Gasteiger partial charge in [-0.15, -0.1) is 11.3 Å². The molecule has 0 saturated heterocycles. The fourth-order valence-corrected chi connectivity index (χ4v) is 2.85. The van der Waals surface area contributed by atoms with Gasteiger partial charge in [-0.05, 0) is 30.5 Å². The van der Waals surface area contributed by atoms with Gasteiger partial charge in [0.1, 0.15) is 0 Å². The third-order valence-electron chi connectivity index (χ3n) is 3.17. The lowest BCUT2D eigenvalue weighted by atomic mass is 10.1. The van der Waals surface area contributed by atoms with Crippen molar-refractivity contribution < 1.29 is 4.79 Å². The number of hydrogen-bond acceptors (Lipinski definition) is 3. The van der Waals surface area contributed by atoms with E-state index in [2.05, 4.69) is 29.3 Å². The van der Waals surface area contributed by atoms with Crippen LogP contribution in [0.15, 0.2) is 41.8 Å². The van der Waals surface area contributed by atoms with Crippen molar-refractivity contribution in [2.75, 3.05) is 11.4 Å². The number of anilines is 1. The van der Waals surface area contributed by atoms with E-state index in [4.69, 9.17) is 0 Å². The number of Topliss-reactive ketones (excluding diaryl/α,β-unsaturated/α-hetero) is 1. The Hall–Kier alpha value is -1.61. The van der Waals surface area contributed by atoms with Gasteiger partial charge in [-0.3, -0.25) is 4.79 Å². The Morgan fingerprint density at radius 1 is 1.16 bits per heavy atom. The minimum atomic E-state index is 0.209. The van der Waals surface area contributed by atoms with Gasteiger partial charge in [0, 0.05) is 29.1 Å². The van der Waals surface area contributed by atoms with Gasteiger partial charge in [0.25, 0.3) is 0 Å². The predicted molar refractivity (Wildman–Crippen MR) is 82.1 cm³/mol. The third kappa shape index (κ3) is 3.24. The molecule has 0 spiro atoms. The fourth-order valence-electron chi connectivity index (χ4n) is 2.13. The van der Waals surface area contributed by atoms with Crippen molar-refractivity contribution >= 4 is 22.8 Å². The number of carbonyl (C=O) groups is 1. The summed E-state index contributed by atoms with van der Waals surface area (Å²) in [6, 6.07) is 12.1. The first-order valence-corrected chi connectivity index (χ1v) is 7.53. The lowest BCUT2D eigenvalue weighted by Crippen LogP contribution is -2.23. The molecule has 1 aromatic carbocycles. The first-order chi connectivity index (χ1) is 9.26. The minimum absolute atomic E-state index is 0.209. The maximum Gasteiger partial charge on any atom is 0.164 e. The first kappa shape index (κ1) is 13.8. The van der Waals surface area contributed by atoms with Crippen molar-refractivity contribution in [3.05, 3.63) is 52.2 Å². The Morgan fingerprint density at radius 2 is 1.95 bits per heavy atom. The molecule has 0 radical (unpaired) electrons. The molecule has 0 amide bonds. The van der Waals surface area contributed by atoms with Crippen LogP contribution < -0.4 is 4.90 Å². The standard InChI is InChI=1S/C16H19NOS/c1-3-16(18)14-9-5-6-10-15(14)17(4-2)12-13-8-7-11-19-13/h5-11H,3-4,12H2,1-2H3. The largest absolute Gasteiger partial charge is 0.366 e. The summed E-state index contributed by atoms with van der Waals surface area (Å²) in [5.41, 5.74) is 1.88. The number of hydrogen-bond donors (Lipinski definition) is 0. The zero-order chi connectivity index (χ0) is 13.7. The summed E-state index contributed by atoms with van der Waals surface area (Å²) in [6.45, 7) is 5.80. The number of para-hydroxylation sites is 1. The van der Waals surface area contributed by atoms with Crippen molar-refractivity contribution in [2.45, 2.75) is 26.8 Å². The summed E-state index contributed by atoms with van der Waals surface area (Å²) in [6.07, 6.45) is 0.549. The summed E-state index contributed by atoms with van der Waals surface area (Å²) in [4.78, 5) is 15.6. The van der Waals surface area contributed by atoms with E-state index in [-0.39, 0.29) is 5.78 Å². The Bertz CT molecular complexity index is 533. The highest BCUT2D eigenvalue weighted by atomic mass is 32.1. The van der Waals surface area contributed by atoms with E-state index in [9.17, 15) is 4.79 Å². The molecule has 2 rings (SSSR count). The molecule has 0 atom stereocenters. The lowest BCUT2D eigenvalue weighted by molar-refractivity contribution is 0.0988. The number of carbonyl (C=O) groups excluding carboxylic acids is 1. The van der Waals surface area contributed by atoms with Crippen LogP contribution >= 0.6 is 11.3 Å². The van der Waals surface area contributed by atoms with Crippen LogP contribution in [0.2, 0.25) is 0 Å². The maximum atomic E-state index is 12.0. The van der Waals surface area contributed by atoms with E-state index in [1.54, 1.807) is 11.3 Å². The van der Waals surface area contributed by atoms with Crippen LogP contribution in [0.25, 0.3) is 0 Å². The molecule has 2 aromatic rings. The molecular weight excluding hydrogens is 254 g/mol. The highest BCUT2D eigenvalue weighted by molar-refractivity contribution is 7.09. The van der Waals surface area contributed by atoms with E-state index >= 15 is 0 Å². The average molecular weight is 273 g/mol. The minimum Gasteiger partial charge on any atom is -0.366 e. The average Bonchev–Trinajstić information content (AvgIpc) is 2.97. The van der Waals surface area contributed by atoms with Crippen molar-refractivity contribution in [1.82, 2.24) is 0 Å². The van der Waals surface area contributed by atoms with Gasteiger partial charge >= 0.3 is 0 Å². The summed E-state index contributed by atoms with van der Waals surface area (Å²) >= 11 is 1.75. The SMILES string of the molecule is CCC(=O)c1ccccc1N(CC)Cc1cccs1. The molecule has 1 aromatic heterocycles. The van der Waals surface area contributed by atoms with Crippen LogP contribution in [0.3, 0.4) is 0 Å². The summed E-state index contributed by atoms with van der Waals surface area (Å²) in [5.74, 6) is 0.209. The summed E-state index contributed by atoms with van der Waals surface area (Å²) in [5, 5.41) is 2.09. The van der Waals surface area contributed by atoms with Gasteiger partial charge in [0.2, 0.25) is 0 Å². The number of benzene rings is 1. The molecule has 0 aliphatic carbocycles. The first-order valence-electron chi connectivity index (χ1n) is 6.65. The van der Waals surface area contributed by atoms with E-state index in [0.717, 1.165) is 24.3 Å². The fraction of sp³-hybridized carbons (Fsp3) is 0.312. The molecule has 19 heavy (non-hydrogen) atoms. The zero-order valence-electron chi connectivity index (χ0n) is 11.4. The molecule has 3 heteroatoms. The van der Waals surface area contributed by atoms with Crippen LogP contribution in [0.1, 0.15) is 35.5 Å². The van der Waals surface area contributed by atoms with Crippen LogP contribution in [-0.2, 0) is 6.54 Å². The maximum absolute atomic E-state index is 12.0. The normalized spacial score (nSPS) is 10.4. The van der Waals surface area contributed by atoms with Gasteiger partial charge in [-0.1, -0.05) is 25.1 Å². The molecular formula is C16H19NOS. The van der Waals surface area contributed by atoms with Crippen molar-refractivity contribution in [3.8, 4) is 0 Å². The van der Waals surface area contributed by atoms with Crippen LogP contribution in [0.4, 0.5) is 5.69 Å². The van der Waals surface area contributed by atoms with Gasteiger partial charge in [-0.25, -0.2) is 0 Å². The molecule has 0 N–H and O–H groups in total. The van der Waals surface area contributed by atoms with Crippen LogP contribution in [-0.4, -0.2) is 12.3 Å². The van der Waals surface area contributed by atoms with Crippen LogP contribution in [0.5, 0.6) is 0 Å². The number of thiophene rings is 1. The van der Waals surface area contributed by atoms with Crippen molar-refractivity contribution in [1.29, 1.82) is 0 Å². The molecule has 0 saturated carbocycles. The molecule has 0 unspecified atom stereocenters. The molecule has 0 bridgehead atoms. The number of ketones is 1. The second-order valence-electron chi connectivity index (χ2n) is 4.39. The zero-order valence-corrected chi connectivity index (χ0v) is 12.2. The van der Waals surface area contributed by atoms with Crippen molar-refractivity contribution in [3.63, 3.8) is 0 Å². The number of nitrogens with zero attached hydrogens (tertiary/aromatic N) is 1. The Kier molecular flexibility index (Phi) is 4.74. The summed E-state index contributed by atoms with van der Waals surface area (Å²) < 4.78 is 0. The molecule has 0 fully saturated rings. The Labute approximate surface area is 118 Å². The second kappa shape index (κ2) is 6.53. The van der Waals surface area contributed by atoms with Gasteiger partial charge in [-0.2, -0.15) is 0 Å². The molecule has 2 nitrogen and oxygen atoms in total. The van der Waals surface area contributed by atoms with E-state index in [0.29, 0.717) is 6.42 Å². The smallest absolute Gasteiger partial charge is 0.164 e. The topological polar surface area (TPSA) is 20.3 Å². The second-order valence-corrected chi connectivity index (χ2v) is 5.42. The quantitative estimate of drug-likeness (QED) is 0.728. The van der Waals surface area contributed by atoms with Gasteiger partial charge < -0.3 is 4.90 Å². The molecule has 0 aliphatic rings. The predicted octanol–water partition coefficient (Wildman–Crippen LogP) is 4.37. The van der Waals surface area contributed by atoms with Gasteiger partial charge in [0.05, 0.1) is 6.54 Å². The van der Waals surface area contributed by atoms with Gasteiger partial charge in [0.15, 0.2) is 5.78 Å². The lowest BCUT2D eigenvalue weighted by Gasteiger charge is -2.24. The molecule has 0 aliphatic heterocycles. The molecule has 1 heterocycles. The van der Waals surface area contributed by atoms with E-state index in [1.807, 2.05) is 31.2 Å². The molecule has 100 valence electrons. The van der Waals surface area contributed by atoms with E-state index < -0.39 is 0 Å². The highest BCUT2D eigenvalue weighted by Gasteiger charge is 2.14. The Balaban J connectivity index is 2.30. The Morgan fingerprint density at radius 3 is 2.58 bits per heavy atom. The van der Waals surface area contributed by atoms with E-state index in [1.165, 1.54) is 4.88 Å². The van der Waals surface area contributed by atoms with Crippen molar-refractivity contribution in [2.24, 2.45) is 0 Å². The number of rotatable bonds is 6. The monoisotopic (exact) mass is 273 g/mol. The summed E-state index contributed by atoms with van der Waals surface area (Å²) in [7, 11) is 0.